The van der Waals surface area contributed by atoms with Gasteiger partial charge in [0, 0.05) is 50.6 Å². The van der Waals surface area contributed by atoms with Crippen molar-refractivity contribution in [1.82, 2.24) is 29.1 Å². The molecule has 0 saturated carbocycles. The topological polar surface area (TPSA) is 96.8 Å². The van der Waals surface area contributed by atoms with E-state index in [1.807, 2.05) is 29.9 Å². The molecule has 0 aliphatic heterocycles. The van der Waals surface area contributed by atoms with E-state index >= 15 is 0 Å². The molecule has 5 rings (SSSR count). The minimum absolute atomic E-state index is 0.0122. The lowest BCUT2D eigenvalue weighted by Crippen LogP contribution is -2.16. The zero-order valence-corrected chi connectivity index (χ0v) is 20.8. The van der Waals surface area contributed by atoms with Gasteiger partial charge in [0.05, 0.1) is 26.8 Å². The Balaban J connectivity index is 1.41. The fraction of sp³-hybridized carbons (Fsp3) is 0.160. The molecule has 0 saturated heterocycles. The van der Waals surface area contributed by atoms with E-state index < -0.39 is 0 Å². The van der Waals surface area contributed by atoms with Crippen molar-refractivity contribution in [2.24, 2.45) is 7.05 Å². The number of carbonyl (C=O) groups is 1. The first kappa shape index (κ1) is 23.7. The van der Waals surface area contributed by atoms with Gasteiger partial charge < -0.3 is 9.30 Å². The second kappa shape index (κ2) is 10.3. The van der Waals surface area contributed by atoms with Gasteiger partial charge in [0.15, 0.2) is 5.78 Å². The second-order valence-corrected chi connectivity index (χ2v) is 9.70. The Kier molecular flexibility index (Phi) is 6.79. The molecule has 0 bridgehead atoms. The molecule has 4 aromatic heterocycles. The van der Waals surface area contributed by atoms with Crippen LogP contribution in [0.3, 0.4) is 0 Å². The number of thiophene rings is 1. The van der Waals surface area contributed by atoms with Crippen molar-refractivity contribution in [3.63, 3.8) is 0 Å². The summed E-state index contributed by atoms with van der Waals surface area (Å²) in [6.07, 6.45) is 7.75. The number of hydrogen-bond donors (Lipinski definition) is 0. The van der Waals surface area contributed by atoms with Gasteiger partial charge in [-0.25, -0.2) is 9.67 Å². The Morgan fingerprint density at radius 2 is 2.03 bits per heavy atom. The number of halogens is 1. The highest BCUT2D eigenvalue weighted by atomic mass is 35.5. The SMILES string of the molecule is Cn1ccnc1COc1cc(-n2ccccc2=O)ccc1-n1cc(CCC(=O)c2ccc(Cl)s2)nn1. The number of hydrogen-bond acceptors (Lipinski definition) is 7. The van der Waals surface area contributed by atoms with Gasteiger partial charge in [-0.1, -0.05) is 22.9 Å². The summed E-state index contributed by atoms with van der Waals surface area (Å²) in [4.78, 5) is 29.7. The molecule has 36 heavy (non-hydrogen) atoms. The van der Waals surface area contributed by atoms with Gasteiger partial charge in [0.1, 0.15) is 23.9 Å². The molecule has 0 spiro atoms. The van der Waals surface area contributed by atoms with E-state index in [-0.39, 0.29) is 17.9 Å². The van der Waals surface area contributed by atoms with Gasteiger partial charge in [-0.15, -0.1) is 16.4 Å². The Morgan fingerprint density at radius 3 is 2.78 bits per heavy atom. The highest BCUT2D eigenvalue weighted by Crippen LogP contribution is 2.27. The lowest BCUT2D eigenvalue weighted by molar-refractivity contribution is 0.0986. The fourth-order valence-electron chi connectivity index (χ4n) is 3.64. The number of rotatable bonds is 9. The van der Waals surface area contributed by atoms with Crippen LogP contribution in [-0.4, -0.2) is 34.9 Å². The number of benzene rings is 1. The Labute approximate surface area is 215 Å². The van der Waals surface area contributed by atoms with Crippen molar-refractivity contribution in [1.29, 1.82) is 0 Å². The van der Waals surface area contributed by atoms with Crippen LogP contribution >= 0.6 is 22.9 Å². The molecular weight excluding hydrogens is 500 g/mol. The first-order valence-electron chi connectivity index (χ1n) is 11.1. The van der Waals surface area contributed by atoms with Crippen LogP contribution in [-0.2, 0) is 20.1 Å². The summed E-state index contributed by atoms with van der Waals surface area (Å²) in [5, 5.41) is 8.49. The number of aryl methyl sites for hydroxylation is 2. The van der Waals surface area contributed by atoms with Gasteiger partial charge in [-0.3, -0.25) is 14.2 Å². The summed E-state index contributed by atoms with van der Waals surface area (Å²) in [6, 6.07) is 13.9. The van der Waals surface area contributed by atoms with Gasteiger partial charge in [0.2, 0.25) is 0 Å². The maximum absolute atomic E-state index is 12.4. The third kappa shape index (κ3) is 5.14. The minimum atomic E-state index is -0.153. The number of pyridine rings is 1. The largest absolute Gasteiger partial charge is 0.483 e. The van der Waals surface area contributed by atoms with E-state index in [1.54, 1.807) is 53.6 Å². The van der Waals surface area contributed by atoms with Crippen molar-refractivity contribution in [3.05, 3.63) is 104 Å². The number of imidazole rings is 1. The van der Waals surface area contributed by atoms with Crippen molar-refractivity contribution >= 4 is 28.7 Å². The van der Waals surface area contributed by atoms with E-state index in [1.165, 1.54) is 22.0 Å². The number of ketones is 1. The molecule has 1 aromatic carbocycles. The van der Waals surface area contributed by atoms with Gasteiger partial charge >= 0.3 is 0 Å². The maximum atomic E-state index is 12.4. The molecule has 0 radical (unpaired) electrons. The molecule has 0 unspecified atom stereocenters. The van der Waals surface area contributed by atoms with Crippen molar-refractivity contribution in [2.45, 2.75) is 19.4 Å². The van der Waals surface area contributed by atoms with Crippen LogP contribution in [0.5, 0.6) is 5.75 Å². The number of aromatic nitrogens is 6. The third-order valence-corrected chi connectivity index (χ3v) is 6.84. The number of Topliss-reactive ketones (excluding diaryl/α,β-unsaturated/α-hetero) is 1. The number of ether oxygens (including phenoxy) is 1. The Morgan fingerprint density at radius 1 is 1.14 bits per heavy atom. The lowest BCUT2D eigenvalue weighted by Gasteiger charge is -2.14. The van der Waals surface area contributed by atoms with E-state index in [0.717, 1.165) is 5.82 Å². The Bertz CT molecular complexity index is 1580. The van der Waals surface area contributed by atoms with E-state index in [2.05, 4.69) is 15.3 Å². The molecule has 0 fully saturated rings. The summed E-state index contributed by atoms with van der Waals surface area (Å²) in [7, 11) is 1.89. The normalized spacial score (nSPS) is 11.1. The summed E-state index contributed by atoms with van der Waals surface area (Å²) in [5.41, 5.74) is 1.82. The van der Waals surface area contributed by atoms with Crippen LogP contribution in [0.1, 0.15) is 27.6 Å². The molecule has 0 aliphatic rings. The minimum Gasteiger partial charge on any atom is -0.483 e. The molecule has 0 aliphatic carbocycles. The molecular formula is C25H21ClN6O3S. The highest BCUT2D eigenvalue weighted by molar-refractivity contribution is 7.18. The molecule has 0 atom stereocenters. The summed E-state index contributed by atoms with van der Waals surface area (Å²) in [5.74, 6) is 1.26. The first-order chi connectivity index (χ1) is 17.5. The van der Waals surface area contributed by atoms with Crippen molar-refractivity contribution in [3.8, 4) is 17.1 Å². The summed E-state index contributed by atoms with van der Waals surface area (Å²) >= 11 is 7.21. The Hall–Kier alpha value is -4.02. The standard InChI is InChI=1S/C25H21ClN6O3S/c1-30-13-11-27-24(30)16-35-21-14-18(31-12-3-2-4-25(31)34)6-7-19(21)32-15-17(28-29-32)5-8-20(33)22-9-10-23(26)36-22/h2-4,6-7,9-15H,5,8,16H2,1H3. The van der Waals surface area contributed by atoms with Crippen LogP contribution in [0.4, 0.5) is 0 Å². The predicted octanol–water partition coefficient (Wildman–Crippen LogP) is 4.26. The van der Waals surface area contributed by atoms with Crippen molar-refractivity contribution < 1.29 is 9.53 Å². The van der Waals surface area contributed by atoms with Gasteiger partial charge in [-0.05, 0) is 30.3 Å². The van der Waals surface area contributed by atoms with Crippen LogP contribution in [0.15, 0.2) is 78.1 Å². The summed E-state index contributed by atoms with van der Waals surface area (Å²) < 4.78 is 11.7. The molecule has 0 amide bonds. The summed E-state index contributed by atoms with van der Waals surface area (Å²) in [6.45, 7) is 0.225. The third-order valence-electron chi connectivity index (χ3n) is 5.57. The molecule has 0 N–H and O–H groups in total. The van der Waals surface area contributed by atoms with E-state index in [0.29, 0.717) is 44.9 Å². The average Bonchev–Trinajstić information content (AvgIpc) is 3.63. The van der Waals surface area contributed by atoms with Crippen LogP contribution in [0, 0.1) is 0 Å². The predicted molar refractivity (Wildman–Crippen MR) is 136 cm³/mol. The molecule has 4 heterocycles. The molecule has 9 nitrogen and oxygen atoms in total. The van der Waals surface area contributed by atoms with E-state index in [4.69, 9.17) is 16.3 Å². The monoisotopic (exact) mass is 520 g/mol. The van der Waals surface area contributed by atoms with Gasteiger partial charge in [0.25, 0.3) is 5.56 Å². The molecule has 5 aromatic rings. The smallest absolute Gasteiger partial charge is 0.255 e. The first-order valence-corrected chi connectivity index (χ1v) is 12.3. The highest BCUT2D eigenvalue weighted by Gasteiger charge is 2.15. The zero-order valence-electron chi connectivity index (χ0n) is 19.2. The van der Waals surface area contributed by atoms with Crippen LogP contribution in [0.2, 0.25) is 4.34 Å². The quantitative estimate of drug-likeness (QED) is 0.269. The maximum Gasteiger partial charge on any atom is 0.255 e. The van der Waals surface area contributed by atoms with Crippen LogP contribution in [0.25, 0.3) is 11.4 Å². The molecule has 182 valence electrons. The number of carbonyl (C=O) groups excluding carboxylic acids is 1. The fourth-order valence-corrected chi connectivity index (χ4v) is 4.65. The van der Waals surface area contributed by atoms with Crippen molar-refractivity contribution in [2.75, 3.05) is 0 Å². The van der Waals surface area contributed by atoms with E-state index in [9.17, 15) is 9.59 Å². The zero-order chi connectivity index (χ0) is 25.1. The average molecular weight is 521 g/mol. The van der Waals surface area contributed by atoms with Gasteiger partial charge in [-0.2, -0.15) is 0 Å². The molecule has 11 heteroatoms. The second-order valence-electron chi connectivity index (χ2n) is 7.99. The lowest BCUT2D eigenvalue weighted by atomic mass is 10.1. The van der Waals surface area contributed by atoms with Crippen LogP contribution < -0.4 is 10.3 Å². The number of nitrogens with zero attached hydrogens (tertiary/aromatic N) is 6.